The fourth-order valence-corrected chi connectivity index (χ4v) is 0.561. The van der Waals surface area contributed by atoms with Crippen LogP contribution in [0.1, 0.15) is 12.8 Å². The molecule has 0 N–H and O–H groups in total. The van der Waals surface area contributed by atoms with E-state index in [1.54, 1.807) is 0 Å². The van der Waals surface area contributed by atoms with Gasteiger partial charge < -0.3 is 14.9 Å². The molecule has 10 heteroatoms. The standard InChI is InChI=1S/C6H5F6NO2.Li/c7-5(8,9)1-3(14)13-4(15)2-6(10,11)12;/h1-2H2,(H,13,14,15);/q;+1/p-1. The Kier molecular flexibility index (Phi) is 6.81. The Labute approximate surface area is 97.7 Å². The maximum Gasteiger partial charge on any atom is 1.00 e. The smallest absolute Gasteiger partial charge is 0.595 e. The molecule has 3 nitrogen and oxygen atoms in total. The van der Waals surface area contributed by atoms with Gasteiger partial charge >= 0.3 is 31.2 Å². The zero-order valence-corrected chi connectivity index (χ0v) is 7.95. The molecule has 0 bridgehead atoms. The molecule has 0 aliphatic heterocycles. The van der Waals surface area contributed by atoms with Crippen molar-refractivity contribution in [2.75, 3.05) is 0 Å². The molecule has 16 heavy (non-hydrogen) atoms. The Bertz CT molecular complexity index is 235. The monoisotopic (exact) mass is 243 g/mol. The molecular formula is C6H4F6LiNO2. The molecule has 0 spiro atoms. The number of carbonyl (C=O) groups is 2. The minimum Gasteiger partial charge on any atom is -0.595 e. The number of nitrogens with zero attached hydrogens (tertiary/aromatic N) is 1. The normalized spacial score (nSPS) is 11.6. The number of imide groups is 1. The molecule has 0 heterocycles. The van der Waals surface area contributed by atoms with Crippen LogP contribution in [-0.4, -0.2) is 24.2 Å². The summed E-state index contributed by atoms with van der Waals surface area (Å²) in [4.78, 5) is 20.6. The molecule has 0 radical (unpaired) electrons. The average Bonchev–Trinajstić information content (AvgIpc) is 1.73. The first-order chi connectivity index (χ1) is 6.49. The van der Waals surface area contributed by atoms with Crippen molar-refractivity contribution < 1.29 is 54.8 Å². The first-order valence-corrected chi connectivity index (χ1v) is 3.40. The van der Waals surface area contributed by atoms with Gasteiger partial charge in [0.05, 0.1) is 24.7 Å². The zero-order valence-electron chi connectivity index (χ0n) is 7.95. The quantitative estimate of drug-likeness (QED) is 0.476. The van der Waals surface area contributed by atoms with Crippen LogP contribution in [0.4, 0.5) is 26.3 Å². The second-order valence-corrected chi connectivity index (χ2v) is 2.48. The molecular weight excluding hydrogens is 239 g/mol. The number of hydrogen-bond acceptors (Lipinski definition) is 2. The van der Waals surface area contributed by atoms with Crippen LogP contribution in [0.25, 0.3) is 5.32 Å². The van der Waals surface area contributed by atoms with Gasteiger partial charge in [0.1, 0.15) is 0 Å². The van der Waals surface area contributed by atoms with Crippen LogP contribution in [-0.2, 0) is 9.59 Å². The van der Waals surface area contributed by atoms with Crippen molar-refractivity contribution in [2.45, 2.75) is 25.2 Å². The van der Waals surface area contributed by atoms with Crippen LogP contribution in [0.2, 0.25) is 0 Å². The summed E-state index contributed by atoms with van der Waals surface area (Å²) in [5, 5.41) is 2.13. The molecule has 0 aliphatic carbocycles. The van der Waals surface area contributed by atoms with Crippen molar-refractivity contribution in [3.8, 4) is 0 Å². The van der Waals surface area contributed by atoms with Crippen LogP contribution < -0.4 is 18.9 Å². The Balaban J connectivity index is 0. The SMILES string of the molecule is O=C(CC(F)(F)F)[N-]C(=O)CC(F)(F)F.[Li+]. The second kappa shape index (κ2) is 6.15. The summed E-state index contributed by atoms with van der Waals surface area (Å²) in [5.74, 6) is -3.87. The van der Waals surface area contributed by atoms with Crippen molar-refractivity contribution in [3.63, 3.8) is 0 Å². The molecule has 0 aromatic carbocycles. The number of alkyl halides is 6. The summed E-state index contributed by atoms with van der Waals surface area (Å²) in [7, 11) is 0. The molecule has 88 valence electrons. The number of hydrogen-bond donors (Lipinski definition) is 0. The Morgan fingerprint density at radius 1 is 0.812 bits per heavy atom. The zero-order chi connectivity index (χ0) is 12.3. The van der Waals surface area contributed by atoms with E-state index in [0.717, 1.165) is 0 Å². The van der Waals surface area contributed by atoms with Crippen molar-refractivity contribution in [2.24, 2.45) is 0 Å². The van der Waals surface area contributed by atoms with Crippen LogP contribution in [0, 0.1) is 0 Å². The molecule has 0 atom stereocenters. The average molecular weight is 243 g/mol. The fourth-order valence-electron chi connectivity index (χ4n) is 0.561. The van der Waals surface area contributed by atoms with Crippen molar-refractivity contribution in [1.82, 2.24) is 0 Å². The molecule has 0 aromatic heterocycles. The molecule has 0 saturated heterocycles. The molecule has 0 aliphatic rings. The third-order valence-corrected chi connectivity index (χ3v) is 0.953. The molecule has 0 aromatic rings. The predicted molar refractivity (Wildman–Crippen MR) is 34.7 cm³/mol. The predicted octanol–water partition coefficient (Wildman–Crippen LogP) is -0.678. The van der Waals surface area contributed by atoms with E-state index in [9.17, 15) is 35.9 Å². The number of amides is 2. The molecule has 0 rings (SSSR count). The van der Waals surface area contributed by atoms with Crippen LogP contribution in [0.5, 0.6) is 0 Å². The van der Waals surface area contributed by atoms with Gasteiger partial charge in [0.2, 0.25) is 0 Å². The van der Waals surface area contributed by atoms with Gasteiger partial charge in [-0.1, -0.05) is 0 Å². The molecule has 2 amide bonds. The van der Waals surface area contributed by atoms with Gasteiger partial charge in [-0.05, 0) is 0 Å². The number of rotatable bonds is 2. The summed E-state index contributed by atoms with van der Waals surface area (Å²) >= 11 is 0. The molecule has 0 fully saturated rings. The van der Waals surface area contributed by atoms with Crippen LogP contribution >= 0.6 is 0 Å². The largest absolute Gasteiger partial charge is 1.00 e. The van der Waals surface area contributed by atoms with E-state index in [-0.39, 0.29) is 18.9 Å². The Morgan fingerprint density at radius 3 is 1.25 bits per heavy atom. The van der Waals surface area contributed by atoms with Crippen molar-refractivity contribution >= 4 is 11.8 Å². The van der Waals surface area contributed by atoms with E-state index >= 15 is 0 Å². The second-order valence-electron chi connectivity index (χ2n) is 2.48. The summed E-state index contributed by atoms with van der Waals surface area (Å²) in [6.45, 7) is 0. The van der Waals surface area contributed by atoms with E-state index in [2.05, 4.69) is 5.32 Å². The summed E-state index contributed by atoms with van der Waals surface area (Å²) in [5.41, 5.74) is 0. The summed E-state index contributed by atoms with van der Waals surface area (Å²) in [6, 6.07) is 0. The maximum atomic E-state index is 11.5. The Hall–Kier alpha value is -0.683. The molecule has 0 saturated carbocycles. The molecule has 0 unspecified atom stereocenters. The van der Waals surface area contributed by atoms with E-state index in [1.165, 1.54) is 0 Å². The van der Waals surface area contributed by atoms with Gasteiger partial charge in [0, 0.05) is 0 Å². The van der Waals surface area contributed by atoms with Gasteiger partial charge in [-0.2, -0.15) is 26.3 Å². The Morgan fingerprint density at radius 2 is 1.06 bits per heavy atom. The van der Waals surface area contributed by atoms with Crippen LogP contribution in [0.15, 0.2) is 0 Å². The first kappa shape index (κ1) is 17.7. The maximum absolute atomic E-state index is 11.5. The van der Waals surface area contributed by atoms with E-state index in [1.807, 2.05) is 0 Å². The van der Waals surface area contributed by atoms with E-state index < -0.39 is 37.0 Å². The van der Waals surface area contributed by atoms with Crippen LogP contribution in [0.3, 0.4) is 0 Å². The third-order valence-electron chi connectivity index (χ3n) is 0.953. The van der Waals surface area contributed by atoms with Gasteiger partial charge in [-0.3, -0.25) is 0 Å². The van der Waals surface area contributed by atoms with Gasteiger partial charge in [-0.25, -0.2) is 0 Å². The number of carbonyl (C=O) groups excluding carboxylic acids is 2. The van der Waals surface area contributed by atoms with E-state index in [4.69, 9.17) is 0 Å². The van der Waals surface area contributed by atoms with Crippen molar-refractivity contribution in [3.05, 3.63) is 5.32 Å². The van der Waals surface area contributed by atoms with Gasteiger partial charge in [0.15, 0.2) is 0 Å². The fraction of sp³-hybridized carbons (Fsp3) is 0.667. The van der Waals surface area contributed by atoms with Gasteiger partial charge in [-0.15, -0.1) is 0 Å². The topological polar surface area (TPSA) is 48.2 Å². The summed E-state index contributed by atoms with van der Waals surface area (Å²) < 4.78 is 68.9. The van der Waals surface area contributed by atoms with Crippen molar-refractivity contribution in [1.29, 1.82) is 0 Å². The first-order valence-electron chi connectivity index (χ1n) is 3.40. The van der Waals surface area contributed by atoms with Gasteiger partial charge in [0.25, 0.3) is 0 Å². The summed E-state index contributed by atoms with van der Waals surface area (Å²) in [6.07, 6.45) is -13.9. The van der Waals surface area contributed by atoms with E-state index in [0.29, 0.717) is 0 Å². The third kappa shape index (κ3) is 11.4. The number of halogens is 6. The minimum absolute atomic E-state index is 0. The minimum atomic E-state index is -4.89.